The third-order valence-corrected chi connectivity index (χ3v) is 3.36. The topological polar surface area (TPSA) is 20.2 Å². The summed E-state index contributed by atoms with van der Waals surface area (Å²) < 4.78 is 0. The molecule has 0 aromatic heterocycles. The highest BCUT2D eigenvalue weighted by molar-refractivity contribution is 5.70. The number of phenolic OH excluding ortho intramolecular Hbond substituents is 1. The summed E-state index contributed by atoms with van der Waals surface area (Å²) in [7, 11) is 0. The summed E-state index contributed by atoms with van der Waals surface area (Å²) in [5, 5.41) is 9.37. The Bertz CT molecular complexity index is 538. The second-order valence-electron chi connectivity index (χ2n) is 4.89. The third kappa shape index (κ3) is 2.56. The molecule has 0 saturated carbocycles. The van der Waals surface area contributed by atoms with Crippen molar-refractivity contribution in [3.8, 4) is 16.9 Å². The van der Waals surface area contributed by atoms with Gasteiger partial charge < -0.3 is 5.11 Å². The van der Waals surface area contributed by atoms with Crippen LogP contribution in [0.15, 0.2) is 36.4 Å². The summed E-state index contributed by atoms with van der Waals surface area (Å²) in [6.07, 6.45) is 2.29. The molecule has 0 atom stereocenters. The molecule has 94 valence electrons. The molecule has 0 amide bonds. The van der Waals surface area contributed by atoms with Gasteiger partial charge in [-0.3, -0.25) is 0 Å². The highest BCUT2D eigenvalue weighted by Crippen LogP contribution is 2.29. The van der Waals surface area contributed by atoms with Crippen LogP contribution in [0.4, 0.5) is 0 Å². The molecule has 0 saturated heterocycles. The summed E-state index contributed by atoms with van der Waals surface area (Å²) in [6, 6.07) is 12.0. The van der Waals surface area contributed by atoms with E-state index in [9.17, 15) is 5.11 Å². The minimum Gasteiger partial charge on any atom is -0.508 e. The number of hydrogen-bond acceptors (Lipinski definition) is 1. The van der Waals surface area contributed by atoms with Gasteiger partial charge in [-0.1, -0.05) is 43.2 Å². The van der Waals surface area contributed by atoms with Crippen LogP contribution in [0.5, 0.6) is 5.75 Å². The number of phenols is 1. The predicted molar refractivity (Wildman–Crippen MR) is 77.0 cm³/mol. The van der Waals surface area contributed by atoms with E-state index < -0.39 is 0 Å². The molecule has 1 heteroatoms. The Balaban J connectivity index is 2.53. The van der Waals surface area contributed by atoms with E-state index in [-0.39, 0.29) is 0 Å². The number of hydrogen-bond donors (Lipinski definition) is 1. The molecular formula is C17H20O. The van der Waals surface area contributed by atoms with Crippen molar-refractivity contribution in [3.05, 3.63) is 53.1 Å². The Morgan fingerprint density at radius 2 is 1.67 bits per heavy atom. The highest BCUT2D eigenvalue weighted by Gasteiger charge is 2.07. The van der Waals surface area contributed by atoms with Gasteiger partial charge in [-0.15, -0.1) is 0 Å². The van der Waals surface area contributed by atoms with Crippen LogP contribution in [0, 0.1) is 13.8 Å². The second-order valence-corrected chi connectivity index (χ2v) is 4.89. The van der Waals surface area contributed by atoms with Gasteiger partial charge in [0.2, 0.25) is 0 Å². The minimum absolute atomic E-state index is 0.317. The molecule has 0 aliphatic rings. The smallest absolute Gasteiger partial charge is 0.115 e. The van der Waals surface area contributed by atoms with Gasteiger partial charge in [0.1, 0.15) is 5.75 Å². The lowest BCUT2D eigenvalue weighted by molar-refractivity contribution is 0.475. The zero-order valence-electron chi connectivity index (χ0n) is 11.3. The third-order valence-electron chi connectivity index (χ3n) is 3.36. The maximum absolute atomic E-state index is 9.37. The molecule has 0 fully saturated rings. The van der Waals surface area contributed by atoms with E-state index in [1.807, 2.05) is 12.1 Å². The maximum atomic E-state index is 9.37. The standard InChI is InChI=1S/C17H20O/c1-4-5-15-10-12(2)11-17(13(15)3)14-6-8-16(18)9-7-14/h6-11,18H,4-5H2,1-3H3. The Kier molecular flexibility index (Phi) is 3.71. The Morgan fingerprint density at radius 3 is 2.28 bits per heavy atom. The first-order chi connectivity index (χ1) is 8.61. The summed E-state index contributed by atoms with van der Waals surface area (Å²) in [5.74, 6) is 0.317. The van der Waals surface area contributed by atoms with Gasteiger partial charge in [0, 0.05) is 0 Å². The van der Waals surface area contributed by atoms with Gasteiger partial charge in [-0.25, -0.2) is 0 Å². The number of benzene rings is 2. The molecule has 18 heavy (non-hydrogen) atoms. The number of rotatable bonds is 3. The molecule has 0 unspecified atom stereocenters. The summed E-state index contributed by atoms with van der Waals surface area (Å²) in [5.41, 5.74) is 6.53. The van der Waals surface area contributed by atoms with Crippen LogP contribution in [0.25, 0.3) is 11.1 Å². The van der Waals surface area contributed by atoms with Crippen LogP contribution in [0.2, 0.25) is 0 Å². The van der Waals surface area contributed by atoms with Crippen molar-refractivity contribution in [2.75, 3.05) is 0 Å². The number of aromatic hydroxyl groups is 1. The molecule has 1 N–H and O–H groups in total. The van der Waals surface area contributed by atoms with E-state index in [4.69, 9.17) is 0 Å². The van der Waals surface area contributed by atoms with Gasteiger partial charge in [-0.05, 0) is 54.7 Å². The van der Waals surface area contributed by atoms with E-state index in [2.05, 4.69) is 32.9 Å². The molecule has 0 bridgehead atoms. The maximum Gasteiger partial charge on any atom is 0.115 e. The predicted octanol–water partition coefficient (Wildman–Crippen LogP) is 4.63. The monoisotopic (exact) mass is 240 g/mol. The molecule has 0 spiro atoms. The van der Waals surface area contributed by atoms with Crippen molar-refractivity contribution >= 4 is 0 Å². The van der Waals surface area contributed by atoms with E-state index in [1.54, 1.807) is 12.1 Å². The van der Waals surface area contributed by atoms with Crippen LogP contribution in [0.3, 0.4) is 0 Å². The van der Waals surface area contributed by atoms with E-state index in [0.29, 0.717) is 5.75 Å². The van der Waals surface area contributed by atoms with Crippen molar-refractivity contribution in [2.45, 2.75) is 33.6 Å². The summed E-state index contributed by atoms with van der Waals surface area (Å²) in [6.45, 7) is 6.54. The Morgan fingerprint density at radius 1 is 1.00 bits per heavy atom. The molecule has 0 aliphatic carbocycles. The zero-order valence-corrected chi connectivity index (χ0v) is 11.3. The summed E-state index contributed by atoms with van der Waals surface area (Å²) in [4.78, 5) is 0. The lowest BCUT2D eigenvalue weighted by Gasteiger charge is -2.13. The van der Waals surface area contributed by atoms with Gasteiger partial charge in [0.05, 0.1) is 0 Å². The van der Waals surface area contributed by atoms with Crippen LogP contribution < -0.4 is 0 Å². The average molecular weight is 240 g/mol. The first-order valence-corrected chi connectivity index (χ1v) is 6.51. The van der Waals surface area contributed by atoms with Crippen molar-refractivity contribution in [3.63, 3.8) is 0 Å². The lowest BCUT2D eigenvalue weighted by Crippen LogP contribution is -1.94. The van der Waals surface area contributed by atoms with Crippen LogP contribution in [0.1, 0.15) is 30.0 Å². The van der Waals surface area contributed by atoms with Crippen LogP contribution in [-0.2, 0) is 6.42 Å². The molecule has 2 aromatic carbocycles. The first-order valence-electron chi connectivity index (χ1n) is 6.51. The van der Waals surface area contributed by atoms with Crippen molar-refractivity contribution in [2.24, 2.45) is 0 Å². The molecular weight excluding hydrogens is 220 g/mol. The van der Waals surface area contributed by atoms with Gasteiger partial charge >= 0.3 is 0 Å². The zero-order chi connectivity index (χ0) is 13.1. The molecule has 0 aliphatic heterocycles. The SMILES string of the molecule is CCCc1cc(C)cc(-c2ccc(O)cc2)c1C. The molecule has 1 nitrogen and oxygen atoms in total. The fourth-order valence-electron chi connectivity index (χ4n) is 2.40. The average Bonchev–Trinajstić information content (AvgIpc) is 2.35. The molecule has 0 radical (unpaired) electrons. The fraction of sp³-hybridized carbons (Fsp3) is 0.294. The normalized spacial score (nSPS) is 10.6. The molecule has 2 rings (SSSR count). The fourth-order valence-corrected chi connectivity index (χ4v) is 2.40. The van der Waals surface area contributed by atoms with Crippen LogP contribution in [-0.4, -0.2) is 5.11 Å². The van der Waals surface area contributed by atoms with Crippen molar-refractivity contribution in [1.29, 1.82) is 0 Å². The highest BCUT2D eigenvalue weighted by atomic mass is 16.3. The lowest BCUT2D eigenvalue weighted by atomic mass is 9.92. The quantitative estimate of drug-likeness (QED) is 0.829. The van der Waals surface area contributed by atoms with Crippen molar-refractivity contribution < 1.29 is 5.11 Å². The van der Waals surface area contributed by atoms with E-state index in [0.717, 1.165) is 6.42 Å². The van der Waals surface area contributed by atoms with Gasteiger partial charge in [0.25, 0.3) is 0 Å². The van der Waals surface area contributed by atoms with E-state index >= 15 is 0 Å². The Labute approximate surface area is 109 Å². The van der Waals surface area contributed by atoms with Crippen molar-refractivity contribution in [1.82, 2.24) is 0 Å². The van der Waals surface area contributed by atoms with E-state index in [1.165, 1.54) is 34.2 Å². The Hall–Kier alpha value is -1.76. The molecule has 0 heterocycles. The first kappa shape index (κ1) is 12.7. The minimum atomic E-state index is 0.317. The second kappa shape index (κ2) is 5.26. The largest absolute Gasteiger partial charge is 0.508 e. The number of aryl methyl sites for hydroxylation is 2. The molecule has 2 aromatic rings. The van der Waals surface area contributed by atoms with Gasteiger partial charge in [-0.2, -0.15) is 0 Å². The van der Waals surface area contributed by atoms with Gasteiger partial charge in [0.15, 0.2) is 0 Å². The van der Waals surface area contributed by atoms with Crippen LogP contribution >= 0.6 is 0 Å². The summed E-state index contributed by atoms with van der Waals surface area (Å²) >= 11 is 0.